The second-order valence-corrected chi connectivity index (χ2v) is 4.45. The molecule has 0 unspecified atom stereocenters. The summed E-state index contributed by atoms with van der Waals surface area (Å²) in [6.45, 7) is 5.15. The van der Waals surface area contributed by atoms with Gasteiger partial charge in [0.1, 0.15) is 0 Å². The van der Waals surface area contributed by atoms with Gasteiger partial charge in [-0.1, -0.05) is 6.07 Å². The van der Waals surface area contributed by atoms with Gasteiger partial charge in [0.05, 0.1) is 12.6 Å². The Bertz CT molecular complexity index is 454. The van der Waals surface area contributed by atoms with Crippen LogP contribution >= 0.6 is 0 Å². The van der Waals surface area contributed by atoms with Crippen LogP contribution in [0.3, 0.4) is 0 Å². The van der Waals surface area contributed by atoms with Crippen LogP contribution in [0, 0.1) is 5.82 Å². The minimum absolute atomic E-state index is 0.231. The van der Waals surface area contributed by atoms with Crippen LogP contribution in [0.5, 0.6) is 5.75 Å². The molecule has 20 heavy (non-hydrogen) atoms. The number of methoxy groups -OCH3 is 1. The molecule has 1 rings (SSSR count). The number of phenols is 1. The lowest BCUT2D eigenvalue weighted by Gasteiger charge is -2.24. The zero-order valence-electron chi connectivity index (χ0n) is 12.0. The van der Waals surface area contributed by atoms with E-state index in [0.717, 1.165) is 0 Å². The fraction of sp³-hybridized carbons (Fsp3) is 0.500. The summed E-state index contributed by atoms with van der Waals surface area (Å²) in [5, 5.41) is 11.9. The van der Waals surface area contributed by atoms with Crippen molar-refractivity contribution in [2.75, 3.05) is 26.8 Å². The average Bonchev–Trinajstić information content (AvgIpc) is 2.42. The maximum atomic E-state index is 13.3. The molecule has 0 fully saturated rings. The molecule has 0 aliphatic carbocycles. The second kappa shape index (κ2) is 7.69. The number of ether oxygens (including phenoxy) is 1. The number of benzene rings is 1. The number of likely N-dealkylation sites (N-methyl/N-ethyl adjacent to an activating group) is 1. The standard InChI is InChI=1S/C14H21FN2O3/c1-4-17(7-8-20-3)14(19)16-10(2)11-5-6-13(18)12(15)9-11/h5-6,9-10,18H,4,7-8H2,1-3H3,(H,16,19)/t10-/m0/s1. The zero-order valence-corrected chi connectivity index (χ0v) is 12.0. The molecule has 112 valence electrons. The molecular formula is C14H21FN2O3. The lowest BCUT2D eigenvalue weighted by Crippen LogP contribution is -2.42. The van der Waals surface area contributed by atoms with Gasteiger partial charge in [0.15, 0.2) is 11.6 Å². The van der Waals surface area contributed by atoms with E-state index >= 15 is 0 Å². The van der Waals surface area contributed by atoms with Crippen LogP contribution in [0.1, 0.15) is 25.5 Å². The van der Waals surface area contributed by atoms with Crippen molar-refractivity contribution in [1.82, 2.24) is 10.2 Å². The maximum absolute atomic E-state index is 13.3. The molecule has 0 heterocycles. The first kappa shape index (κ1) is 16.2. The van der Waals surface area contributed by atoms with E-state index in [1.165, 1.54) is 12.1 Å². The highest BCUT2D eigenvalue weighted by atomic mass is 19.1. The quantitative estimate of drug-likeness (QED) is 0.842. The van der Waals surface area contributed by atoms with E-state index in [0.29, 0.717) is 25.3 Å². The Hall–Kier alpha value is -1.82. The summed E-state index contributed by atoms with van der Waals surface area (Å²) in [6, 6.07) is 3.48. The molecule has 0 saturated carbocycles. The second-order valence-electron chi connectivity index (χ2n) is 4.45. The third-order valence-electron chi connectivity index (χ3n) is 3.05. The van der Waals surface area contributed by atoms with Gasteiger partial charge >= 0.3 is 6.03 Å². The summed E-state index contributed by atoms with van der Waals surface area (Å²) in [5.74, 6) is -1.10. The largest absolute Gasteiger partial charge is 0.505 e. The predicted octanol–water partition coefficient (Wildman–Crippen LogP) is 2.27. The van der Waals surface area contributed by atoms with Crippen molar-refractivity contribution in [3.63, 3.8) is 0 Å². The van der Waals surface area contributed by atoms with Crippen LogP contribution in [-0.4, -0.2) is 42.8 Å². The number of nitrogens with zero attached hydrogens (tertiary/aromatic N) is 1. The topological polar surface area (TPSA) is 61.8 Å². The first-order valence-electron chi connectivity index (χ1n) is 6.52. The van der Waals surface area contributed by atoms with Crippen LogP contribution in [0.25, 0.3) is 0 Å². The Balaban J connectivity index is 2.66. The molecule has 1 atom stereocenters. The normalized spacial score (nSPS) is 12.0. The molecule has 0 aliphatic heterocycles. The van der Waals surface area contributed by atoms with E-state index in [-0.39, 0.29) is 12.1 Å². The Morgan fingerprint density at radius 2 is 2.25 bits per heavy atom. The van der Waals surface area contributed by atoms with Crippen LogP contribution in [0.15, 0.2) is 18.2 Å². The zero-order chi connectivity index (χ0) is 15.1. The number of phenolic OH excluding ortho intramolecular Hbond substituents is 1. The monoisotopic (exact) mass is 284 g/mol. The van der Waals surface area contributed by atoms with E-state index in [9.17, 15) is 9.18 Å². The molecule has 0 aliphatic rings. The van der Waals surface area contributed by atoms with Crippen LogP contribution in [0.4, 0.5) is 9.18 Å². The van der Waals surface area contributed by atoms with Crippen LogP contribution < -0.4 is 5.32 Å². The van der Waals surface area contributed by atoms with E-state index in [1.807, 2.05) is 6.92 Å². The molecule has 0 aromatic heterocycles. The van der Waals surface area contributed by atoms with E-state index in [4.69, 9.17) is 9.84 Å². The van der Waals surface area contributed by atoms with Gasteiger partial charge in [-0.2, -0.15) is 0 Å². The molecule has 2 N–H and O–H groups in total. The highest BCUT2D eigenvalue weighted by Gasteiger charge is 2.16. The molecule has 6 heteroatoms. The van der Waals surface area contributed by atoms with Gasteiger partial charge in [-0.15, -0.1) is 0 Å². The lowest BCUT2D eigenvalue weighted by atomic mass is 10.1. The number of halogens is 1. The summed E-state index contributed by atoms with van der Waals surface area (Å²) in [4.78, 5) is 13.6. The first-order valence-corrected chi connectivity index (χ1v) is 6.52. The van der Waals surface area contributed by atoms with Gasteiger partial charge < -0.3 is 20.1 Å². The van der Waals surface area contributed by atoms with Crippen molar-refractivity contribution in [2.24, 2.45) is 0 Å². The van der Waals surface area contributed by atoms with Gasteiger partial charge in [0.2, 0.25) is 0 Å². The number of nitrogens with one attached hydrogen (secondary N) is 1. The number of rotatable bonds is 6. The number of carbonyl (C=O) groups is 1. The van der Waals surface area contributed by atoms with Crippen molar-refractivity contribution >= 4 is 6.03 Å². The minimum Gasteiger partial charge on any atom is -0.505 e. The Morgan fingerprint density at radius 3 is 2.80 bits per heavy atom. The predicted molar refractivity (Wildman–Crippen MR) is 74.1 cm³/mol. The SMILES string of the molecule is CCN(CCOC)C(=O)N[C@@H](C)c1ccc(O)c(F)c1. The molecule has 0 radical (unpaired) electrons. The van der Waals surface area contributed by atoms with E-state index < -0.39 is 11.6 Å². The van der Waals surface area contributed by atoms with Gasteiger partial charge in [0, 0.05) is 20.2 Å². The average molecular weight is 284 g/mol. The summed E-state index contributed by atoms with van der Waals surface area (Å²) in [5.41, 5.74) is 0.594. The molecule has 0 saturated heterocycles. The molecule has 2 amide bonds. The molecular weight excluding hydrogens is 263 g/mol. The number of amides is 2. The maximum Gasteiger partial charge on any atom is 0.317 e. The minimum atomic E-state index is -0.699. The van der Waals surface area contributed by atoms with E-state index in [2.05, 4.69) is 5.32 Å². The Kier molecular flexibility index (Phi) is 6.24. The van der Waals surface area contributed by atoms with Crippen molar-refractivity contribution in [1.29, 1.82) is 0 Å². The van der Waals surface area contributed by atoms with Gasteiger partial charge in [0.25, 0.3) is 0 Å². The number of carbonyl (C=O) groups excluding carboxylic acids is 1. The number of hydrogen-bond acceptors (Lipinski definition) is 3. The fourth-order valence-electron chi connectivity index (χ4n) is 1.76. The van der Waals surface area contributed by atoms with Crippen LogP contribution in [0.2, 0.25) is 0 Å². The summed E-state index contributed by atoms with van der Waals surface area (Å²) >= 11 is 0. The molecule has 1 aromatic carbocycles. The smallest absolute Gasteiger partial charge is 0.317 e. The van der Waals surface area contributed by atoms with Gasteiger partial charge in [-0.25, -0.2) is 9.18 Å². The molecule has 1 aromatic rings. The summed E-state index contributed by atoms with van der Waals surface area (Å²) in [7, 11) is 1.58. The van der Waals surface area contributed by atoms with Gasteiger partial charge in [-0.3, -0.25) is 0 Å². The summed E-state index contributed by atoms with van der Waals surface area (Å²) < 4.78 is 18.2. The van der Waals surface area contributed by atoms with Crippen molar-refractivity contribution in [3.05, 3.63) is 29.6 Å². The highest BCUT2D eigenvalue weighted by molar-refractivity contribution is 5.74. The van der Waals surface area contributed by atoms with Crippen molar-refractivity contribution in [3.8, 4) is 5.75 Å². The van der Waals surface area contributed by atoms with Crippen LogP contribution in [-0.2, 0) is 4.74 Å². The lowest BCUT2D eigenvalue weighted by molar-refractivity contribution is 0.150. The molecule has 0 spiro atoms. The Morgan fingerprint density at radius 1 is 1.55 bits per heavy atom. The number of aromatic hydroxyl groups is 1. The molecule has 0 bridgehead atoms. The van der Waals surface area contributed by atoms with Crippen molar-refractivity contribution < 1.29 is 19.0 Å². The molecule has 5 nitrogen and oxygen atoms in total. The first-order chi connectivity index (χ1) is 9.49. The third kappa shape index (κ3) is 4.38. The van der Waals surface area contributed by atoms with Gasteiger partial charge in [-0.05, 0) is 31.5 Å². The fourth-order valence-corrected chi connectivity index (χ4v) is 1.76. The number of hydrogen-bond donors (Lipinski definition) is 2. The Labute approximate surface area is 118 Å². The third-order valence-corrected chi connectivity index (χ3v) is 3.05. The highest BCUT2D eigenvalue weighted by Crippen LogP contribution is 2.20. The summed E-state index contributed by atoms with van der Waals surface area (Å²) in [6.07, 6.45) is 0. The van der Waals surface area contributed by atoms with E-state index in [1.54, 1.807) is 25.0 Å². The van der Waals surface area contributed by atoms with Crippen molar-refractivity contribution in [2.45, 2.75) is 19.9 Å². The number of urea groups is 1.